The Morgan fingerprint density at radius 2 is 0.855 bits per heavy atom. The average molecular weight is 705 g/mol. The summed E-state index contributed by atoms with van der Waals surface area (Å²) >= 11 is 0. The largest absolute Gasteiger partial charge is 0.456 e. The summed E-state index contributed by atoms with van der Waals surface area (Å²) in [7, 11) is 0. The highest BCUT2D eigenvalue weighted by Gasteiger charge is 2.18. The van der Waals surface area contributed by atoms with Gasteiger partial charge in [0.15, 0.2) is 5.82 Å². The Hall–Kier alpha value is -7.50. The summed E-state index contributed by atoms with van der Waals surface area (Å²) < 4.78 is 6.33. The standard InChI is InChI=1S/C50H32N4O/c1-3-14-33(15-4-1)35-26-36(41-19-13-23-48-49(41)42-18-7-8-22-47(42)55-48)28-39(27-35)46-32-45(34-16-5-2-6-17-34)53-50(54-46)40-30-37(43-20-9-11-24-51-43)29-38(31-40)44-21-10-12-25-52-44/h1-32H. The van der Waals surface area contributed by atoms with Crippen LogP contribution in [-0.4, -0.2) is 19.9 Å². The molecule has 6 aromatic carbocycles. The Morgan fingerprint density at radius 1 is 0.327 bits per heavy atom. The maximum atomic E-state index is 6.33. The third-order valence-electron chi connectivity index (χ3n) is 9.96. The molecule has 0 N–H and O–H groups in total. The van der Waals surface area contributed by atoms with Gasteiger partial charge in [0, 0.05) is 51.0 Å². The zero-order chi connectivity index (χ0) is 36.6. The molecule has 10 aromatic rings. The second kappa shape index (κ2) is 13.8. The first kappa shape index (κ1) is 32.2. The molecular formula is C50H32N4O. The zero-order valence-electron chi connectivity index (χ0n) is 29.7. The second-order valence-electron chi connectivity index (χ2n) is 13.5. The minimum absolute atomic E-state index is 0.612. The van der Waals surface area contributed by atoms with Crippen LogP contribution in [0.2, 0.25) is 0 Å². The summed E-state index contributed by atoms with van der Waals surface area (Å²) in [5, 5.41) is 2.18. The first-order chi connectivity index (χ1) is 27.2. The van der Waals surface area contributed by atoms with E-state index < -0.39 is 0 Å². The molecule has 5 nitrogen and oxygen atoms in total. The van der Waals surface area contributed by atoms with Crippen LogP contribution >= 0.6 is 0 Å². The predicted molar refractivity (Wildman–Crippen MR) is 223 cm³/mol. The number of para-hydroxylation sites is 1. The molecule has 0 amide bonds. The maximum Gasteiger partial charge on any atom is 0.160 e. The molecular weight excluding hydrogens is 673 g/mol. The highest BCUT2D eigenvalue weighted by atomic mass is 16.3. The van der Waals surface area contributed by atoms with E-state index >= 15 is 0 Å². The van der Waals surface area contributed by atoms with Crippen molar-refractivity contribution in [3.63, 3.8) is 0 Å². The number of hydrogen-bond donors (Lipinski definition) is 0. The summed E-state index contributed by atoms with van der Waals surface area (Å²) in [5.74, 6) is 0.612. The van der Waals surface area contributed by atoms with Gasteiger partial charge in [-0.2, -0.15) is 0 Å². The first-order valence-corrected chi connectivity index (χ1v) is 18.3. The number of benzene rings is 6. The van der Waals surface area contributed by atoms with Crippen molar-refractivity contribution in [2.75, 3.05) is 0 Å². The number of aromatic nitrogens is 4. The van der Waals surface area contributed by atoms with Gasteiger partial charge in [0.05, 0.1) is 22.8 Å². The predicted octanol–water partition coefficient (Wildman–Crippen LogP) is 12.8. The van der Waals surface area contributed by atoms with Gasteiger partial charge in [-0.05, 0) is 101 Å². The smallest absolute Gasteiger partial charge is 0.160 e. The molecule has 0 saturated carbocycles. The van der Waals surface area contributed by atoms with E-state index in [2.05, 4.69) is 103 Å². The van der Waals surface area contributed by atoms with Crippen LogP contribution in [0.3, 0.4) is 0 Å². The summed E-state index contributed by atoms with van der Waals surface area (Å²) in [5.41, 5.74) is 14.3. The first-order valence-electron chi connectivity index (χ1n) is 18.3. The monoisotopic (exact) mass is 704 g/mol. The lowest BCUT2D eigenvalue weighted by Gasteiger charge is -2.14. The van der Waals surface area contributed by atoms with E-state index in [9.17, 15) is 0 Å². The van der Waals surface area contributed by atoms with E-state index in [1.807, 2.05) is 91.3 Å². The Labute approximate surface area is 318 Å². The van der Waals surface area contributed by atoms with Gasteiger partial charge in [0.1, 0.15) is 11.2 Å². The molecule has 0 aliphatic carbocycles. The summed E-state index contributed by atoms with van der Waals surface area (Å²) in [4.78, 5) is 20.0. The van der Waals surface area contributed by atoms with Crippen LogP contribution < -0.4 is 0 Å². The van der Waals surface area contributed by atoms with Gasteiger partial charge in [0.25, 0.3) is 0 Å². The molecule has 0 saturated heterocycles. The van der Waals surface area contributed by atoms with Crippen molar-refractivity contribution in [1.82, 2.24) is 19.9 Å². The molecule has 0 aliphatic rings. The maximum absolute atomic E-state index is 6.33. The molecule has 0 aliphatic heterocycles. The number of hydrogen-bond acceptors (Lipinski definition) is 5. The van der Waals surface area contributed by atoms with Crippen molar-refractivity contribution >= 4 is 21.9 Å². The van der Waals surface area contributed by atoms with E-state index in [4.69, 9.17) is 24.4 Å². The fourth-order valence-electron chi connectivity index (χ4n) is 7.34. The van der Waals surface area contributed by atoms with Crippen LogP contribution in [0.15, 0.2) is 199 Å². The lowest BCUT2D eigenvalue weighted by molar-refractivity contribution is 0.669. The van der Waals surface area contributed by atoms with E-state index in [0.717, 1.165) is 94.8 Å². The fraction of sp³-hybridized carbons (Fsp3) is 0. The second-order valence-corrected chi connectivity index (χ2v) is 13.5. The Morgan fingerprint density at radius 3 is 1.55 bits per heavy atom. The molecule has 4 heterocycles. The van der Waals surface area contributed by atoms with Crippen LogP contribution in [0, 0.1) is 0 Å². The van der Waals surface area contributed by atoms with Gasteiger partial charge in [-0.25, -0.2) is 9.97 Å². The van der Waals surface area contributed by atoms with Gasteiger partial charge in [-0.1, -0.05) is 103 Å². The number of rotatable bonds is 7. The summed E-state index contributed by atoms with van der Waals surface area (Å²) in [6, 6.07) is 62.5. The molecule has 5 heteroatoms. The van der Waals surface area contributed by atoms with Gasteiger partial charge < -0.3 is 4.42 Å². The van der Waals surface area contributed by atoms with E-state index in [-0.39, 0.29) is 0 Å². The van der Waals surface area contributed by atoms with Crippen molar-refractivity contribution < 1.29 is 4.42 Å². The van der Waals surface area contributed by atoms with E-state index in [1.165, 1.54) is 0 Å². The van der Waals surface area contributed by atoms with Crippen LogP contribution in [0.5, 0.6) is 0 Å². The number of nitrogens with zero attached hydrogens (tertiary/aromatic N) is 4. The Bertz CT molecular complexity index is 2900. The topological polar surface area (TPSA) is 64.7 Å². The Kier molecular flexibility index (Phi) is 8.08. The number of fused-ring (bicyclic) bond motifs is 3. The molecule has 0 bridgehead atoms. The van der Waals surface area contributed by atoms with Crippen molar-refractivity contribution in [2.24, 2.45) is 0 Å². The molecule has 0 fully saturated rings. The molecule has 0 radical (unpaired) electrons. The third kappa shape index (κ3) is 6.24. The van der Waals surface area contributed by atoms with Gasteiger partial charge >= 0.3 is 0 Å². The van der Waals surface area contributed by atoms with Crippen molar-refractivity contribution in [3.05, 3.63) is 194 Å². The van der Waals surface area contributed by atoms with Crippen LogP contribution in [0.1, 0.15) is 0 Å². The Balaban J connectivity index is 1.22. The fourth-order valence-corrected chi connectivity index (χ4v) is 7.34. The highest BCUT2D eigenvalue weighted by molar-refractivity contribution is 6.12. The molecule has 10 rings (SSSR count). The highest BCUT2D eigenvalue weighted by Crippen LogP contribution is 2.40. The third-order valence-corrected chi connectivity index (χ3v) is 9.96. The summed E-state index contributed by atoms with van der Waals surface area (Å²) in [6.45, 7) is 0. The van der Waals surface area contributed by atoms with Gasteiger partial charge in [-0.15, -0.1) is 0 Å². The molecule has 0 unspecified atom stereocenters. The zero-order valence-corrected chi connectivity index (χ0v) is 29.7. The van der Waals surface area contributed by atoms with Crippen LogP contribution in [0.25, 0.3) is 101 Å². The van der Waals surface area contributed by atoms with Crippen molar-refractivity contribution in [2.45, 2.75) is 0 Å². The molecule has 55 heavy (non-hydrogen) atoms. The lowest BCUT2D eigenvalue weighted by atomic mass is 9.92. The van der Waals surface area contributed by atoms with Crippen molar-refractivity contribution in [3.8, 4) is 78.7 Å². The lowest BCUT2D eigenvalue weighted by Crippen LogP contribution is -1.98. The minimum Gasteiger partial charge on any atom is -0.456 e. The van der Waals surface area contributed by atoms with Crippen LogP contribution in [-0.2, 0) is 0 Å². The van der Waals surface area contributed by atoms with E-state index in [1.54, 1.807) is 0 Å². The van der Waals surface area contributed by atoms with Gasteiger partial charge in [0.2, 0.25) is 0 Å². The van der Waals surface area contributed by atoms with E-state index in [0.29, 0.717) is 5.82 Å². The van der Waals surface area contributed by atoms with Gasteiger partial charge in [-0.3, -0.25) is 9.97 Å². The molecule has 0 spiro atoms. The van der Waals surface area contributed by atoms with Crippen molar-refractivity contribution in [1.29, 1.82) is 0 Å². The number of furan rings is 1. The molecule has 258 valence electrons. The normalized spacial score (nSPS) is 11.3. The minimum atomic E-state index is 0.612. The quantitative estimate of drug-likeness (QED) is 0.165. The SMILES string of the molecule is c1ccc(-c2cc(-c3cc(-c4ccccc4)nc(-c4cc(-c5ccccn5)cc(-c5ccccn5)c4)n3)cc(-c3cccc4oc5ccccc5c34)c2)cc1. The molecule has 0 atom stereocenters. The van der Waals surface area contributed by atoms with Crippen LogP contribution in [0.4, 0.5) is 0 Å². The average Bonchev–Trinajstić information content (AvgIpc) is 3.66. The summed E-state index contributed by atoms with van der Waals surface area (Å²) in [6.07, 6.45) is 3.63. The molecule has 4 aromatic heterocycles. The number of pyridine rings is 2.